The fraction of sp³-hybridized carbons (Fsp3) is 0.850. The number of imide groups is 1. The summed E-state index contributed by atoms with van der Waals surface area (Å²) in [5.41, 5.74) is 0. The predicted molar refractivity (Wildman–Crippen MR) is 129 cm³/mol. The molecule has 8 nitrogen and oxygen atoms in total. The van der Waals surface area contributed by atoms with Gasteiger partial charge in [0.15, 0.2) is 0 Å². The molecule has 31 heavy (non-hydrogen) atoms. The number of carbonyl (C=O) groups is 3. The predicted octanol–water partition coefficient (Wildman–Crippen LogP) is 2.68. The summed E-state index contributed by atoms with van der Waals surface area (Å²) < 4.78 is 41.4. The molecule has 184 valence electrons. The minimum absolute atomic E-state index is 0.0537. The van der Waals surface area contributed by atoms with E-state index in [0.29, 0.717) is 19.5 Å². The quantitative estimate of drug-likeness (QED) is 0.207. The Kier molecular flexibility index (Phi) is 9.00. The molecule has 0 aromatic carbocycles. The maximum atomic E-state index is 12.7. The Labute approximate surface area is 204 Å². The molecule has 1 saturated carbocycles. The van der Waals surface area contributed by atoms with Gasteiger partial charge in [-0.1, -0.05) is 24.6 Å². The Balaban J connectivity index is 0. The molecule has 0 spiro atoms. The number of unbranched alkanes of at least 4 members (excludes halogenated alkanes) is 3. The highest BCUT2D eigenvalue weighted by molar-refractivity contribution is 8.06. The number of likely N-dealkylation sites (tertiary alicyclic amines) is 1. The van der Waals surface area contributed by atoms with E-state index < -0.39 is 6.72 Å². The zero-order valence-corrected chi connectivity index (χ0v) is 20.6. The summed E-state index contributed by atoms with van der Waals surface area (Å²) in [6.07, 6.45) is 7.01. The minimum atomic E-state index is -3.64. The largest absolute Gasteiger partial charge is 0.780 e. The second-order valence-corrected chi connectivity index (χ2v) is 12.0. The van der Waals surface area contributed by atoms with Gasteiger partial charge in [-0.3, -0.25) is 19.3 Å². The molecular formula is C20H40N2O6PS2-. The summed E-state index contributed by atoms with van der Waals surface area (Å²) in [5, 5.41) is 2.58. The van der Waals surface area contributed by atoms with E-state index in [4.69, 9.17) is 14.9 Å². The molecule has 1 aliphatic heterocycles. The number of nitrogens with one attached hydrogen (secondary N) is 1. The monoisotopic (exact) mass is 513 g/mol. The summed E-state index contributed by atoms with van der Waals surface area (Å²) in [6, 6.07) is 0. The van der Waals surface area contributed by atoms with Crippen LogP contribution in [0.2, 0.25) is 0 Å². The Morgan fingerprint density at radius 2 is 2.10 bits per heavy atom. The number of amides is 3. The van der Waals surface area contributed by atoms with Crippen LogP contribution in [0.25, 0.3) is 0 Å². The summed E-state index contributed by atoms with van der Waals surface area (Å²) in [6.45, 7) is -0.407. The Bertz CT molecular complexity index is 713. The third kappa shape index (κ3) is 9.48. The lowest BCUT2D eigenvalue weighted by Crippen LogP contribution is -2.38. The maximum absolute atomic E-state index is 12.7. The van der Waals surface area contributed by atoms with E-state index in [2.05, 4.69) is 22.0 Å². The van der Waals surface area contributed by atoms with Crippen LogP contribution in [0.3, 0.4) is 0 Å². The first-order valence-corrected chi connectivity index (χ1v) is 14.7. The third-order valence-corrected chi connectivity index (χ3v) is 7.93. The van der Waals surface area contributed by atoms with Crippen molar-refractivity contribution in [2.24, 2.45) is 11.8 Å². The Morgan fingerprint density at radius 3 is 2.77 bits per heavy atom. The highest BCUT2D eigenvalue weighted by atomic mass is 32.5. The first kappa shape index (κ1) is 21.1. The van der Waals surface area contributed by atoms with Crippen LogP contribution < -0.4 is 10.2 Å². The number of nitrogens with zero attached hydrogens (tertiary/aromatic N) is 1. The van der Waals surface area contributed by atoms with Crippen molar-refractivity contribution in [3.05, 3.63) is 0 Å². The second kappa shape index (κ2) is 13.3. The summed E-state index contributed by atoms with van der Waals surface area (Å²) in [5.74, 6) is 1.09. The van der Waals surface area contributed by atoms with Crippen molar-refractivity contribution in [1.29, 1.82) is 1.43 Å². The molecule has 3 amide bonds. The number of carbonyl (C=O) groups excluding carboxylic acids is 3. The molecule has 1 heterocycles. The molecule has 2 unspecified atom stereocenters. The van der Waals surface area contributed by atoms with Gasteiger partial charge in [-0.15, -0.1) is 11.8 Å². The molecule has 2 rings (SSSR count). The first-order chi connectivity index (χ1) is 18.3. The van der Waals surface area contributed by atoms with Crippen molar-refractivity contribution in [1.82, 2.24) is 10.2 Å². The third-order valence-electron chi connectivity index (χ3n) is 5.82. The Morgan fingerprint density at radius 1 is 1.39 bits per heavy atom. The van der Waals surface area contributed by atoms with Crippen LogP contribution in [0.15, 0.2) is 0 Å². The second-order valence-electron chi connectivity index (χ2n) is 8.21. The van der Waals surface area contributed by atoms with Gasteiger partial charge in [0.05, 0.1) is 11.9 Å². The van der Waals surface area contributed by atoms with Crippen LogP contribution in [0.1, 0.15) is 73.6 Å². The van der Waals surface area contributed by atoms with E-state index in [1.54, 1.807) is 11.8 Å². The van der Waals surface area contributed by atoms with Crippen molar-refractivity contribution in [2.75, 3.05) is 25.4 Å². The number of hydrogen-bond donors (Lipinski definition) is 2. The van der Waals surface area contributed by atoms with E-state index in [0.717, 1.165) is 50.7 Å². The van der Waals surface area contributed by atoms with Gasteiger partial charge in [0.1, 0.15) is 6.72 Å². The lowest BCUT2D eigenvalue weighted by molar-refractivity contribution is -0.201. The van der Waals surface area contributed by atoms with Gasteiger partial charge < -0.3 is 19.6 Å². The van der Waals surface area contributed by atoms with Crippen LogP contribution in [0.4, 0.5) is 0 Å². The molecule has 11 heteroatoms. The lowest BCUT2D eigenvalue weighted by Gasteiger charge is -2.30. The van der Waals surface area contributed by atoms with Gasteiger partial charge in [-0.2, -0.15) is 0 Å². The van der Waals surface area contributed by atoms with E-state index >= 15 is 0 Å². The molecule has 2 N–H and O–H groups in total. The molecule has 1 aliphatic carbocycles. The van der Waals surface area contributed by atoms with E-state index in [-0.39, 0.29) is 47.8 Å². The molecule has 2 atom stereocenters. The average Bonchev–Trinajstić information content (AvgIpc) is 3.21. The van der Waals surface area contributed by atoms with Crippen molar-refractivity contribution in [3.63, 3.8) is 0 Å². The fourth-order valence-corrected chi connectivity index (χ4v) is 5.88. The van der Waals surface area contributed by atoms with Gasteiger partial charge in [-0.25, -0.2) is 0 Å². The highest BCUT2D eigenvalue weighted by Crippen LogP contribution is 2.33. The normalized spacial score (nSPS) is 27.4. The molecule has 2 aliphatic rings. The van der Waals surface area contributed by atoms with E-state index in [1.807, 2.05) is 6.92 Å². The van der Waals surface area contributed by atoms with E-state index in [1.165, 1.54) is 4.90 Å². The molecule has 0 radical (unpaired) electrons. The van der Waals surface area contributed by atoms with Crippen LogP contribution in [0.5, 0.6) is 0 Å². The summed E-state index contributed by atoms with van der Waals surface area (Å²) in [7, 11) is 0. The van der Waals surface area contributed by atoms with Crippen LogP contribution in [-0.2, 0) is 30.7 Å². The molecule has 1 saturated heterocycles. The zero-order chi connectivity index (χ0) is 29.6. The number of thioether (sulfide) groups is 1. The van der Waals surface area contributed by atoms with Crippen LogP contribution in [0, 0.1) is 11.8 Å². The molecule has 0 aromatic rings. The topological polar surface area (TPSA) is 119 Å². The number of hydrogen-bond acceptors (Lipinski definition) is 8. The van der Waals surface area contributed by atoms with Crippen LogP contribution in [-0.4, -0.2) is 59.6 Å². The Hall–Kier alpha value is -0.510. The van der Waals surface area contributed by atoms with Crippen molar-refractivity contribution in [3.8, 4) is 0 Å². The van der Waals surface area contributed by atoms with Crippen LogP contribution >= 0.6 is 18.5 Å². The van der Waals surface area contributed by atoms with Crippen molar-refractivity contribution >= 4 is 48.0 Å². The van der Waals surface area contributed by atoms with Crippen molar-refractivity contribution in [2.45, 2.75) is 70.0 Å². The van der Waals surface area contributed by atoms with E-state index in [9.17, 15) is 19.3 Å². The standard InChI is InChI=1S/C20H35N2O6PS2.3H2/c1-2-21-19(24)16-9-7-15(8-10-16)14-22-18(23)13-17(20(22)25)31-12-6-4-3-5-11-28-29(26,27)30;;;/h15-17H,2-14H2,1H3,(H,21,24)(H2,26,27,30);3*1H/p-1/i;3*1+2T/hT. The minimum Gasteiger partial charge on any atom is -0.780 e. The number of rotatable bonds is 14. The highest BCUT2D eigenvalue weighted by Gasteiger charge is 2.40. The smallest absolute Gasteiger partial charge is 0.242 e. The van der Waals surface area contributed by atoms with Gasteiger partial charge >= 0.3 is 0 Å². The van der Waals surface area contributed by atoms with Gasteiger partial charge in [0, 0.05) is 34.3 Å². The van der Waals surface area contributed by atoms with Crippen molar-refractivity contribution < 1.29 is 37.6 Å². The molecular weight excluding hydrogens is 459 g/mol. The lowest BCUT2D eigenvalue weighted by atomic mass is 9.81. The molecule has 2 fully saturated rings. The van der Waals surface area contributed by atoms with Gasteiger partial charge in [0.25, 0.3) is 0 Å². The summed E-state index contributed by atoms with van der Waals surface area (Å²) >= 11 is 6.01. The summed E-state index contributed by atoms with van der Waals surface area (Å²) in [4.78, 5) is 53.6. The first-order valence-electron chi connectivity index (χ1n) is 14.5. The molecule has 0 bridgehead atoms. The van der Waals surface area contributed by atoms with Gasteiger partial charge in [-0.05, 0) is 57.1 Å². The zero-order valence-electron chi connectivity index (χ0n) is 25.1. The maximum Gasteiger partial charge on any atom is 0.242 e. The fourth-order valence-electron chi connectivity index (χ4n) is 4.12. The van der Waals surface area contributed by atoms with Gasteiger partial charge in [0.2, 0.25) is 19.2 Å². The molecule has 0 aromatic heterocycles. The average molecular weight is 514 g/mol. The SMILES string of the molecule is [3H]OP([O-])(=S)OCCCCCCSC1CC(=O)N(CC2CCC(C(=O)NCC)CC2)C1=O.[3H][3H].[3H][3H].[3H][3H].